The summed E-state index contributed by atoms with van der Waals surface area (Å²) in [4.78, 5) is 11.9. The van der Waals surface area contributed by atoms with Crippen molar-refractivity contribution in [2.45, 2.75) is 59.7 Å². The summed E-state index contributed by atoms with van der Waals surface area (Å²) in [5.41, 5.74) is 0.632. The Balaban J connectivity index is 2.85. The van der Waals surface area contributed by atoms with Gasteiger partial charge in [-0.2, -0.15) is 0 Å². The summed E-state index contributed by atoms with van der Waals surface area (Å²) in [6, 6.07) is 3.92. The highest BCUT2D eigenvalue weighted by atomic mass is 35.5. The Labute approximate surface area is 150 Å². The summed E-state index contributed by atoms with van der Waals surface area (Å²) in [5.74, 6) is 0.872. The fourth-order valence-electron chi connectivity index (χ4n) is 2.01. The molecule has 0 aliphatic carbocycles. The second-order valence-electron chi connectivity index (χ2n) is 6.95. The van der Waals surface area contributed by atoms with Crippen molar-refractivity contribution < 1.29 is 14.3 Å². The summed E-state index contributed by atoms with van der Waals surface area (Å²) in [6.07, 6.45) is 0. The lowest BCUT2D eigenvalue weighted by Crippen LogP contribution is -2.43. The molecular formula is C18H29ClN2O3. The van der Waals surface area contributed by atoms with Crippen LogP contribution < -0.4 is 20.1 Å². The maximum absolute atomic E-state index is 11.9. The highest BCUT2D eigenvalue weighted by Crippen LogP contribution is 2.33. The van der Waals surface area contributed by atoms with E-state index in [1.54, 1.807) is 6.07 Å². The number of carbonyl (C=O) groups excluding carboxylic acids is 1. The van der Waals surface area contributed by atoms with E-state index in [2.05, 4.69) is 24.5 Å². The molecule has 6 heteroatoms. The minimum atomic E-state index is -0.298. The van der Waals surface area contributed by atoms with Gasteiger partial charge in [0.2, 0.25) is 0 Å². The molecule has 5 nitrogen and oxygen atoms in total. The predicted molar refractivity (Wildman–Crippen MR) is 98.0 cm³/mol. The minimum absolute atomic E-state index is 0.0860. The number of halogens is 1. The van der Waals surface area contributed by atoms with E-state index in [1.165, 1.54) is 0 Å². The Morgan fingerprint density at radius 1 is 1.21 bits per heavy atom. The van der Waals surface area contributed by atoms with Gasteiger partial charge in [-0.05, 0) is 39.3 Å². The van der Waals surface area contributed by atoms with Crippen LogP contribution in [0.2, 0.25) is 5.02 Å². The van der Waals surface area contributed by atoms with Crippen LogP contribution in [0.15, 0.2) is 12.1 Å². The zero-order chi connectivity index (χ0) is 18.3. The molecule has 0 aliphatic rings. The Bertz CT molecular complexity index is 554. The molecule has 0 fully saturated rings. The van der Waals surface area contributed by atoms with Crippen LogP contribution in [0.5, 0.6) is 11.5 Å². The van der Waals surface area contributed by atoms with Gasteiger partial charge in [0.25, 0.3) is 5.91 Å². The fourth-order valence-corrected chi connectivity index (χ4v) is 2.23. The van der Waals surface area contributed by atoms with E-state index in [9.17, 15) is 4.79 Å². The van der Waals surface area contributed by atoms with Crippen LogP contribution in [0.25, 0.3) is 0 Å². The first-order chi connectivity index (χ1) is 11.1. The summed E-state index contributed by atoms with van der Waals surface area (Å²) >= 11 is 6.33. The Morgan fingerprint density at radius 3 is 2.38 bits per heavy atom. The van der Waals surface area contributed by atoms with Gasteiger partial charge in [0.15, 0.2) is 18.1 Å². The van der Waals surface area contributed by atoms with Gasteiger partial charge in [-0.3, -0.25) is 4.79 Å². The molecule has 0 spiro atoms. The normalized spacial score (nSPS) is 11.5. The molecule has 0 saturated carbocycles. The van der Waals surface area contributed by atoms with Crippen LogP contribution in [0.3, 0.4) is 0 Å². The molecule has 0 bridgehead atoms. The summed E-state index contributed by atoms with van der Waals surface area (Å²) in [7, 11) is 0. The zero-order valence-corrected chi connectivity index (χ0v) is 16.2. The number of amides is 1. The second kappa shape index (κ2) is 9.14. The van der Waals surface area contributed by atoms with Gasteiger partial charge in [0.1, 0.15) is 0 Å². The first-order valence-electron chi connectivity index (χ1n) is 8.24. The molecule has 24 heavy (non-hydrogen) atoms. The summed E-state index contributed by atoms with van der Waals surface area (Å²) in [5, 5.41) is 6.76. The first kappa shape index (κ1) is 20.6. The molecular weight excluding hydrogens is 328 g/mol. The standard InChI is InChI=1S/C18H29ClN2O3/c1-7-23-15-8-13(10-20-12(2)3)14(19)9-16(15)24-11-17(22)21-18(4,5)6/h8-9,12,20H,7,10-11H2,1-6H3,(H,21,22). The molecule has 1 aromatic carbocycles. The van der Waals surface area contributed by atoms with Crippen molar-refractivity contribution in [3.63, 3.8) is 0 Å². The van der Waals surface area contributed by atoms with Crippen molar-refractivity contribution in [2.75, 3.05) is 13.2 Å². The van der Waals surface area contributed by atoms with E-state index in [4.69, 9.17) is 21.1 Å². The van der Waals surface area contributed by atoms with Crippen LogP contribution in [-0.2, 0) is 11.3 Å². The number of benzene rings is 1. The predicted octanol–water partition coefficient (Wildman–Crippen LogP) is 3.53. The molecule has 2 N–H and O–H groups in total. The van der Waals surface area contributed by atoms with Crippen molar-refractivity contribution in [3.05, 3.63) is 22.7 Å². The zero-order valence-electron chi connectivity index (χ0n) is 15.5. The average molecular weight is 357 g/mol. The molecule has 0 saturated heterocycles. The van der Waals surface area contributed by atoms with Gasteiger partial charge in [-0.25, -0.2) is 0 Å². The number of rotatable bonds is 8. The third-order valence-electron chi connectivity index (χ3n) is 2.99. The Hall–Kier alpha value is -1.46. The highest BCUT2D eigenvalue weighted by Gasteiger charge is 2.16. The smallest absolute Gasteiger partial charge is 0.258 e. The van der Waals surface area contributed by atoms with Crippen molar-refractivity contribution in [1.82, 2.24) is 10.6 Å². The second-order valence-corrected chi connectivity index (χ2v) is 7.35. The fraction of sp³-hybridized carbons (Fsp3) is 0.611. The number of ether oxygens (including phenoxy) is 2. The third kappa shape index (κ3) is 7.41. The van der Waals surface area contributed by atoms with E-state index in [1.807, 2.05) is 33.8 Å². The highest BCUT2D eigenvalue weighted by molar-refractivity contribution is 6.31. The maximum Gasteiger partial charge on any atom is 0.258 e. The molecule has 1 rings (SSSR count). The largest absolute Gasteiger partial charge is 0.490 e. The van der Waals surface area contributed by atoms with Gasteiger partial charge in [-0.1, -0.05) is 25.4 Å². The van der Waals surface area contributed by atoms with Crippen LogP contribution in [0.4, 0.5) is 0 Å². The molecule has 0 aromatic heterocycles. The molecule has 1 aromatic rings. The molecule has 0 unspecified atom stereocenters. The molecule has 136 valence electrons. The van der Waals surface area contributed by atoms with E-state index in [-0.39, 0.29) is 18.1 Å². The van der Waals surface area contributed by atoms with E-state index in [0.717, 1.165) is 5.56 Å². The molecule has 1 amide bonds. The molecule has 0 radical (unpaired) electrons. The quantitative estimate of drug-likeness (QED) is 0.748. The van der Waals surface area contributed by atoms with Gasteiger partial charge >= 0.3 is 0 Å². The van der Waals surface area contributed by atoms with Crippen LogP contribution in [0.1, 0.15) is 47.1 Å². The van der Waals surface area contributed by atoms with Gasteiger partial charge < -0.3 is 20.1 Å². The number of hydrogen-bond acceptors (Lipinski definition) is 4. The lowest BCUT2D eigenvalue weighted by Gasteiger charge is -2.21. The SMILES string of the molecule is CCOc1cc(CNC(C)C)c(Cl)cc1OCC(=O)NC(C)(C)C. The maximum atomic E-state index is 11.9. The van der Waals surface area contributed by atoms with E-state index < -0.39 is 0 Å². The Kier molecular flexibility index (Phi) is 7.84. The lowest BCUT2D eigenvalue weighted by atomic mass is 10.1. The number of carbonyl (C=O) groups is 1. The van der Waals surface area contributed by atoms with Gasteiger partial charge in [0, 0.05) is 29.2 Å². The average Bonchev–Trinajstić information content (AvgIpc) is 2.44. The van der Waals surface area contributed by atoms with Crippen molar-refractivity contribution >= 4 is 17.5 Å². The van der Waals surface area contributed by atoms with Crippen molar-refractivity contribution in [3.8, 4) is 11.5 Å². The van der Waals surface area contributed by atoms with E-state index >= 15 is 0 Å². The van der Waals surface area contributed by atoms with Crippen molar-refractivity contribution in [1.29, 1.82) is 0 Å². The van der Waals surface area contributed by atoms with Crippen LogP contribution in [0, 0.1) is 0 Å². The lowest BCUT2D eigenvalue weighted by molar-refractivity contribution is -0.124. The van der Waals surface area contributed by atoms with E-state index in [0.29, 0.717) is 35.7 Å². The first-order valence-corrected chi connectivity index (χ1v) is 8.62. The third-order valence-corrected chi connectivity index (χ3v) is 3.34. The molecule has 0 aliphatic heterocycles. The Morgan fingerprint density at radius 2 is 1.83 bits per heavy atom. The molecule has 0 heterocycles. The minimum Gasteiger partial charge on any atom is -0.490 e. The topological polar surface area (TPSA) is 59.6 Å². The van der Waals surface area contributed by atoms with Crippen LogP contribution >= 0.6 is 11.6 Å². The van der Waals surface area contributed by atoms with Crippen LogP contribution in [-0.4, -0.2) is 30.7 Å². The van der Waals surface area contributed by atoms with Gasteiger partial charge in [0.05, 0.1) is 6.61 Å². The van der Waals surface area contributed by atoms with Crippen molar-refractivity contribution in [2.24, 2.45) is 0 Å². The number of nitrogens with one attached hydrogen (secondary N) is 2. The number of hydrogen-bond donors (Lipinski definition) is 2. The van der Waals surface area contributed by atoms with Gasteiger partial charge in [-0.15, -0.1) is 0 Å². The summed E-state index contributed by atoms with van der Waals surface area (Å²) < 4.78 is 11.2. The summed E-state index contributed by atoms with van der Waals surface area (Å²) in [6.45, 7) is 12.9. The molecule has 0 atom stereocenters. The monoisotopic (exact) mass is 356 g/mol.